The summed E-state index contributed by atoms with van der Waals surface area (Å²) in [6.07, 6.45) is 3.50. The van der Waals surface area contributed by atoms with E-state index in [0.717, 1.165) is 31.7 Å². The molecule has 0 radical (unpaired) electrons. The lowest BCUT2D eigenvalue weighted by Crippen LogP contribution is -2.47. The minimum absolute atomic E-state index is 0.162. The van der Waals surface area contributed by atoms with Gasteiger partial charge in [-0.1, -0.05) is 12.1 Å². The van der Waals surface area contributed by atoms with Crippen LogP contribution in [0.4, 0.5) is 0 Å². The number of hydrogen-bond acceptors (Lipinski definition) is 4. The van der Waals surface area contributed by atoms with Crippen LogP contribution in [0, 0.1) is 0 Å². The van der Waals surface area contributed by atoms with E-state index < -0.39 is 0 Å². The van der Waals surface area contributed by atoms with E-state index in [2.05, 4.69) is 23.5 Å². The van der Waals surface area contributed by atoms with Gasteiger partial charge in [0.1, 0.15) is 5.75 Å². The van der Waals surface area contributed by atoms with Crippen molar-refractivity contribution in [1.29, 1.82) is 0 Å². The molecule has 1 aromatic rings. The molecular weight excluding hydrogens is 270 g/mol. The highest BCUT2D eigenvalue weighted by Gasteiger charge is 2.40. The summed E-state index contributed by atoms with van der Waals surface area (Å²) >= 11 is 2.03. The third-order valence-electron chi connectivity index (χ3n) is 4.29. The maximum absolute atomic E-state index is 6.06. The highest BCUT2D eigenvalue weighted by atomic mass is 32.2. The van der Waals surface area contributed by atoms with Crippen molar-refractivity contribution in [2.45, 2.75) is 37.5 Å². The quantitative estimate of drug-likeness (QED) is 0.925. The van der Waals surface area contributed by atoms with E-state index in [0.29, 0.717) is 6.04 Å². The molecule has 2 atom stereocenters. The van der Waals surface area contributed by atoms with Crippen molar-refractivity contribution >= 4 is 11.8 Å². The van der Waals surface area contributed by atoms with Gasteiger partial charge in [-0.3, -0.25) is 0 Å². The van der Waals surface area contributed by atoms with Crippen LogP contribution in [0.3, 0.4) is 0 Å². The largest absolute Gasteiger partial charge is 0.497 e. The molecular formula is C16H23NO2S. The zero-order valence-electron chi connectivity index (χ0n) is 12.1. The fourth-order valence-electron chi connectivity index (χ4n) is 3.11. The average molecular weight is 293 g/mol. The van der Waals surface area contributed by atoms with Gasteiger partial charge in [-0.2, -0.15) is 11.8 Å². The Morgan fingerprint density at radius 1 is 1.50 bits per heavy atom. The standard InChI is InChI=1S/C16H23NO2S/c1-18-15-4-2-3-13(9-15)11-17-14-5-7-19-16(10-14)6-8-20-12-16/h2-4,9,14,17H,5-8,10-12H2,1H3. The molecule has 3 nitrogen and oxygen atoms in total. The Kier molecular flexibility index (Phi) is 4.54. The fraction of sp³-hybridized carbons (Fsp3) is 0.625. The van der Waals surface area contributed by atoms with Gasteiger partial charge in [0.25, 0.3) is 0 Å². The van der Waals surface area contributed by atoms with E-state index in [9.17, 15) is 0 Å². The highest BCUT2D eigenvalue weighted by Crippen LogP contribution is 2.38. The van der Waals surface area contributed by atoms with Crippen LogP contribution in [0.25, 0.3) is 0 Å². The van der Waals surface area contributed by atoms with Crippen molar-refractivity contribution in [3.63, 3.8) is 0 Å². The number of hydrogen-bond donors (Lipinski definition) is 1. The predicted octanol–water partition coefficient (Wildman–Crippen LogP) is 2.84. The number of thioether (sulfide) groups is 1. The minimum atomic E-state index is 0.162. The highest BCUT2D eigenvalue weighted by molar-refractivity contribution is 7.99. The number of rotatable bonds is 4. The molecule has 20 heavy (non-hydrogen) atoms. The number of methoxy groups -OCH3 is 1. The van der Waals surface area contributed by atoms with Crippen molar-refractivity contribution in [3.8, 4) is 5.75 Å². The smallest absolute Gasteiger partial charge is 0.119 e. The molecule has 3 rings (SSSR count). The fourth-order valence-corrected chi connectivity index (χ4v) is 4.49. The van der Waals surface area contributed by atoms with Crippen LogP contribution < -0.4 is 10.1 Å². The van der Waals surface area contributed by atoms with Crippen LogP contribution >= 0.6 is 11.8 Å². The van der Waals surface area contributed by atoms with E-state index in [-0.39, 0.29) is 5.60 Å². The first-order valence-corrected chi connectivity index (χ1v) is 8.53. The van der Waals surface area contributed by atoms with Crippen molar-refractivity contribution in [3.05, 3.63) is 29.8 Å². The molecule has 1 aromatic carbocycles. The van der Waals surface area contributed by atoms with Gasteiger partial charge in [0.2, 0.25) is 0 Å². The van der Waals surface area contributed by atoms with Crippen molar-refractivity contribution in [2.75, 3.05) is 25.2 Å². The molecule has 0 saturated carbocycles. The van der Waals surface area contributed by atoms with E-state index in [1.54, 1.807) is 7.11 Å². The Morgan fingerprint density at radius 2 is 2.45 bits per heavy atom. The summed E-state index contributed by atoms with van der Waals surface area (Å²) in [6, 6.07) is 8.87. The third kappa shape index (κ3) is 3.30. The zero-order chi connectivity index (χ0) is 13.8. The second-order valence-electron chi connectivity index (χ2n) is 5.76. The lowest BCUT2D eigenvalue weighted by molar-refractivity contribution is -0.0703. The van der Waals surface area contributed by atoms with Gasteiger partial charge in [-0.25, -0.2) is 0 Å². The molecule has 1 spiro atoms. The molecule has 2 unspecified atom stereocenters. The summed E-state index contributed by atoms with van der Waals surface area (Å²) in [5, 5.41) is 3.70. The Hall–Kier alpha value is -0.710. The molecule has 4 heteroatoms. The monoisotopic (exact) mass is 293 g/mol. The van der Waals surface area contributed by atoms with Crippen LogP contribution in [0.5, 0.6) is 5.75 Å². The van der Waals surface area contributed by atoms with Crippen molar-refractivity contribution in [1.82, 2.24) is 5.32 Å². The molecule has 2 heterocycles. The molecule has 0 aromatic heterocycles. The molecule has 0 aliphatic carbocycles. The zero-order valence-corrected chi connectivity index (χ0v) is 12.9. The Bertz CT molecular complexity index is 446. The molecule has 2 fully saturated rings. The summed E-state index contributed by atoms with van der Waals surface area (Å²) < 4.78 is 11.3. The van der Waals surface area contributed by atoms with E-state index in [1.165, 1.54) is 23.5 Å². The summed E-state index contributed by atoms with van der Waals surface area (Å²) in [5.74, 6) is 3.35. The van der Waals surface area contributed by atoms with Gasteiger partial charge in [0.05, 0.1) is 12.7 Å². The van der Waals surface area contributed by atoms with Crippen LogP contribution in [-0.2, 0) is 11.3 Å². The number of ether oxygens (including phenoxy) is 2. The van der Waals surface area contributed by atoms with Crippen LogP contribution in [0.15, 0.2) is 24.3 Å². The SMILES string of the molecule is COc1cccc(CNC2CCOC3(CCSC3)C2)c1. The second-order valence-corrected chi connectivity index (χ2v) is 6.86. The van der Waals surface area contributed by atoms with Gasteiger partial charge < -0.3 is 14.8 Å². The van der Waals surface area contributed by atoms with Gasteiger partial charge in [-0.05, 0) is 42.7 Å². The molecule has 2 aliphatic rings. The number of nitrogens with one attached hydrogen (secondary N) is 1. The molecule has 1 N–H and O–H groups in total. The lowest BCUT2D eigenvalue weighted by atomic mass is 9.90. The van der Waals surface area contributed by atoms with Crippen molar-refractivity contribution < 1.29 is 9.47 Å². The van der Waals surface area contributed by atoms with Gasteiger partial charge in [0, 0.05) is 24.9 Å². The lowest BCUT2D eigenvalue weighted by Gasteiger charge is -2.38. The number of benzene rings is 1. The topological polar surface area (TPSA) is 30.5 Å². The Balaban J connectivity index is 1.55. The summed E-state index contributed by atoms with van der Waals surface area (Å²) in [7, 11) is 1.71. The first-order valence-electron chi connectivity index (χ1n) is 7.38. The van der Waals surface area contributed by atoms with E-state index >= 15 is 0 Å². The normalized spacial score (nSPS) is 29.8. The maximum Gasteiger partial charge on any atom is 0.119 e. The molecule has 0 bridgehead atoms. The van der Waals surface area contributed by atoms with Crippen LogP contribution in [-0.4, -0.2) is 36.9 Å². The first kappa shape index (κ1) is 14.2. The van der Waals surface area contributed by atoms with E-state index in [4.69, 9.17) is 9.47 Å². The molecule has 2 aliphatic heterocycles. The van der Waals surface area contributed by atoms with Crippen molar-refractivity contribution in [2.24, 2.45) is 0 Å². The van der Waals surface area contributed by atoms with Gasteiger partial charge in [0.15, 0.2) is 0 Å². The van der Waals surface area contributed by atoms with Crippen LogP contribution in [0.2, 0.25) is 0 Å². The predicted molar refractivity (Wildman–Crippen MR) is 83.5 cm³/mol. The molecule has 0 amide bonds. The average Bonchev–Trinajstić information content (AvgIpc) is 2.93. The summed E-state index contributed by atoms with van der Waals surface area (Å²) in [6.45, 7) is 1.81. The third-order valence-corrected chi connectivity index (χ3v) is 5.51. The molecule has 110 valence electrons. The minimum Gasteiger partial charge on any atom is -0.497 e. The Morgan fingerprint density at radius 3 is 3.25 bits per heavy atom. The first-order chi connectivity index (χ1) is 9.80. The van der Waals surface area contributed by atoms with Gasteiger partial charge >= 0.3 is 0 Å². The summed E-state index contributed by atoms with van der Waals surface area (Å²) in [5.41, 5.74) is 1.44. The maximum atomic E-state index is 6.06. The molecule has 2 saturated heterocycles. The second kappa shape index (κ2) is 6.37. The van der Waals surface area contributed by atoms with E-state index in [1.807, 2.05) is 17.8 Å². The summed E-state index contributed by atoms with van der Waals surface area (Å²) in [4.78, 5) is 0. The van der Waals surface area contributed by atoms with Crippen LogP contribution in [0.1, 0.15) is 24.8 Å². The Labute approximate surface area is 125 Å². The van der Waals surface area contributed by atoms with Gasteiger partial charge in [-0.15, -0.1) is 0 Å².